The van der Waals surface area contributed by atoms with Gasteiger partial charge in [0.1, 0.15) is 40.2 Å². The molecule has 0 fully saturated rings. The van der Waals surface area contributed by atoms with Gasteiger partial charge in [0.15, 0.2) is 0 Å². The van der Waals surface area contributed by atoms with E-state index in [9.17, 15) is 0 Å². The Labute approximate surface area is 240 Å². The summed E-state index contributed by atoms with van der Waals surface area (Å²) in [5.74, 6) is 5.37. The molecule has 200 valence electrons. The Hall–Kier alpha value is -5.48. The van der Waals surface area contributed by atoms with Gasteiger partial charge < -0.3 is 18.9 Å². The van der Waals surface area contributed by atoms with Crippen molar-refractivity contribution in [2.75, 3.05) is 7.11 Å². The van der Waals surface area contributed by atoms with Crippen LogP contribution >= 0.6 is 0 Å². The molecule has 0 N–H and O–H groups in total. The smallest absolute Gasteiger partial charge is 0.131 e. The first-order valence-corrected chi connectivity index (χ1v) is 13.4. The van der Waals surface area contributed by atoms with E-state index in [1.807, 2.05) is 140 Å². The fourth-order valence-electron chi connectivity index (χ4n) is 4.43. The second kappa shape index (κ2) is 12.1. The van der Waals surface area contributed by atoms with Crippen molar-refractivity contribution in [2.24, 2.45) is 0 Å². The van der Waals surface area contributed by atoms with Gasteiger partial charge in [-0.15, -0.1) is 0 Å². The van der Waals surface area contributed by atoms with Crippen molar-refractivity contribution in [3.05, 3.63) is 152 Å². The van der Waals surface area contributed by atoms with E-state index in [0.717, 1.165) is 51.0 Å². The topological polar surface area (TPSA) is 36.9 Å². The van der Waals surface area contributed by atoms with Crippen molar-refractivity contribution in [1.29, 1.82) is 0 Å². The highest BCUT2D eigenvalue weighted by atomic mass is 16.5. The van der Waals surface area contributed by atoms with E-state index < -0.39 is 0 Å². The molecule has 6 aromatic rings. The van der Waals surface area contributed by atoms with Crippen LogP contribution in [0.15, 0.2) is 152 Å². The standard InChI is InChI=1S/C37H28O4/c1-38-31-18-10-27(11-19-31)28-14-22-34(23-15-28)40-36-8-5-9-37(26-36)41-35-24-16-30(17-25-35)29-12-20-33(21-13-29)39-32-6-3-2-4-7-32/h2-26H,1H3. The van der Waals surface area contributed by atoms with Crippen LogP contribution < -0.4 is 18.9 Å². The quantitative estimate of drug-likeness (QED) is 0.184. The lowest BCUT2D eigenvalue weighted by Gasteiger charge is -2.11. The van der Waals surface area contributed by atoms with Crippen LogP contribution in [-0.2, 0) is 0 Å². The van der Waals surface area contributed by atoms with Crippen molar-refractivity contribution >= 4 is 0 Å². The van der Waals surface area contributed by atoms with E-state index in [2.05, 4.69) is 12.1 Å². The lowest BCUT2D eigenvalue weighted by molar-refractivity contribution is 0.415. The molecule has 0 aliphatic heterocycles. The first-order chi connectivity index (χ1) is 20.2. The molecule has 6 rings (SSSR count). The zero-order valence-corrected chi connectivity index (χ0v) is 22.6. The summed E-state index contributed by atoms with van der Waals surface area (Å²) in [6.07, 6.45) is 0. The summed E-state index contributed by atoms with van der Waals surface area (Å²) in [5, 5.41) is 0. The number of para-hydroxylation sites is 1. The molecular formula is C37H28O4. The molecule has 0 aliphatic carbocycles. The molecule has 0 unspecified atom stereocenters. The van der Waals surface area contributed by atoms with Gasteiger partial charge >= 0.3 is 0 Å². The highest BCUT2D eigenvalue weighted by molar-refractivity contribution is 5.66. The molecule has 0 radical (unpaired) electrons. The van der Waals surface area contributed by atoms with Gasteiger partial charge in [0.25, 0.3) is 0 Å². The van der Waals surface area contributed by atoms with Crippen LogP contribution in [0.25, 0.3) is 22.3 Å². The van der Waals surface area contributed by atoms with Gasteiger partial charge in [-0.2, -0.15) is 0 Å². The zero-order chi connectivity index (χ0) is 27.9. The molecule has 0 aliphatic rings. The van der Waals surface area contributed by atoms with Crippen molar-refractivity contribution in [3.63, 3.8) is 0 Å². The van der Waals surface area contributed by atoms with Crippen molar-refractivity contribution in [3.8, 4) is 62.5 Å². The number of rotatable bonds is 9. The Morgan fingerprint density at radius 1 is 0.293 bits per heavy atom. The lowest BCUT2D eigenvalue weighted by Crippen LogP contribution is -1.88. The molecule has 0 spiro atoms. The highest BCUT2D eigenvalue weighted by Crippen LogP contribution is 2.32. The molecule has 4 nitrogen and oxygen atoms in total. The van der Waals surface area contributed by atoms with Gasteiger partial charge in [-0.3, -0.25) is 0 Å². The number of methoxy groups -OCH3 is 1. The predicted octanol–water partition coefficient (Wildman–Crippen LogP) is 10.4. The first kappa shape index (κ1) is 25.8. The number of hydrogen-bond donors (Lipinski definition) is 0. The number of benzene rings is 6. The second-order valence-electron chi connectivity index (χ2n) is 9.40. The first-order valence-electron chi connectivity index (χ1n) is 13.4. The number of ether oxygens (including phenoxy) is 4. The molecule has 41 heavy (non-hydrogen) atoms. The molecule has 0 atom stereocenters. The minimum Gasteiger partial charge on any atom is -0.497 e. The fourth-order valence-corrected chi connectivity index (χ4v) is 4.43. The van der Waals surface area contributed by atoms with Crippen LogP contribution in [0.3, 0.4) is 0 Å². The largest absolute Gasteiger partial charge is 0.497 e. The van der Waals surface area contributed by atoms with Gasteiger partial charge in [-0.1, -0.05) is 72.8 Å². The molecule has 0 aromatic heterocycles. The van der Waals surface area contributed by atoms with Crippen LogP contribution in [0.5, 0.6) is 40.2 Å². The SMILES string of the molecule is COc1ccc(-c2ccc(Oc3cccc(Oc4ccc(-c5ccc(Oc6ccccc6)cc5)cc4)c3)cc2)cc1. The van der Waals surface area contributed by atoms with Gasteiger partial charge in [-0.25, -0.2) is 0 Å². The lowest BCUT2D eigenvalue weighted by atomic mass is 10.1. The van der Waals surface area contributed by atoms with E-state index >= 15 is 0 Å². The van der Waals surface area contributed by atoms with Crippen molar-refractivity contribution < 1.29 is 18.9 Å². The summed E-state index contributed by atoms with van der Waals surface area (Å²) in [7, 11) is 1.67. The van der Waals surface area contributed by atoms with Crippen molar-refractivity contribution in [1.82, 2.24) is 0 Å². The van der Waals surface area contributed by atoms with Crippen molar-refractivity contribution in [2.45, 2.75) is 0 Å². The molecule has 0 saturated carbocycles. The molecule has 0 heterocycles. The summed E-state index contributed by atoms with van der Waals surface area (Å²) < 4.78 is 23.4. The Morgan fingerprint density at radius 3 is 1.00 bits per heavy atom. The molecule has 0 amide bonds. The molecule has 4 heteroatoms. The minimum atomic E-state index is 0.701. The summed E-state index contributed by atoms with van der Waals surface area (Å²) in [6, 6.07) is 49.5. The number of hydrogen-bond acceptors (Lipinski definition) is 4. The van der Waals surface area contributed by atoms with Crippen LogP contribution in [0.4, 0.5) is 0 Å². The molecular weight excluding hydrogens is 508 g/mol. The maximum Gasteiger partial charge on any atom is 0.131 e. The molecule has 6 aromatic carbocycles. The van der Waals surface area contributed by atoms with Gasteiger partial charge in [0.05, 0.1) is 7.11 Å². The Morgan fingerprint density at radius 2 is 0.610 bits per heavy atom. The Balaban J connectivity index is 1.07. The second-order valence-corrected chi connectivity index (χ2v) is 9.40. The summed E-state index contributed by atoms with van der Waals surface area (Å²) in [4.78, 5) is 0. The third kappa shape index (κ3) is 6.57. The summed E-state index contributed by atoms with van der Waals surface area (Å²) >= 11 is 0. The molecule has 0 saturated heterocycles. The van der Waals surface area contributed by atoms with Crippen LogP contribution in [0.1, 0.15) is 0 Å². The van der Waals surface area contributed by atoms with Gasteiger partial charge in [-0.05, 0) is 95.1 Å². The van der Waals surface area contributed by atoms with E-state index in [0.29, 0.717) is 11.5 Å². The normalized spacial score (nSPS) is 10.6. The van der Waals surface area contributed by atoms with Gasteiger partial charge in [0, 0.05) is 6.07 Å². The molecule has 0 bridgehead atoms. The monoisotopic (exact) mass is 536 g/mol. The highest BCUT2D eigenvalue weighted by Gasteiger charge is 2.05. The average molecular weight is 537 g/mol. The van der Waals surface area contributed by atoms with E-state index in [-0.39, 0.29) is 0 Å². The van der Waals surface area contributed by atoms with Crippen LogP contribution in [0.2, 0.25) is 0 Å². The Kier molecular flexibility index (Phi) is 7.63. The Bertz CT molecular complexity index is 1690. The third-order valence-electron chi connectivity index (χ3n) is 6.58. The van der Waals surface area contributed by atoms with Crippen LogP contribution in [-0.4, -0.2) is 7.11 Å². The van der Waals surface area contributed by atoms with E-state index in [4.69, 9.17) is 18.9 Å². The average Bonchev–Trinajstić information content (AvgIpc) is 3.03. The zero-order valence-electron chi connectivity index (χ0n) is 22.6. The van der Waals surface area contributed by atoms with Gasteiger partial charge in [0.2, 0.25) is 0 Å². The maximum absolute atomic E-state index is 6.12. The van der Waals surface area contributed by atoms with Crippen LogP contribution in [0, 0.1) is 0 Å². The fraction of sp³-hybridized carbons (Fsp3) is 0.0270. The third-order valence-corrected chi connectivity index (χ3v) is 6.58. The van der Waals surface area contributed by atoms with E-state index in [1.54, 1.807) is 7.11 Å². The predicted molar refractivity (Wildman–Crippen MR) is 163 cm³/mol. The summed E-state index contributed by atoms with van der Waals surface area (Å²) in [5.41, 5.74) is 4.43. The minimum absolute atomic E-state index is 0.701. The maximum atomic E-state index is 6.12. The van der Waals surface area contributed by atoms with E-state index in [1.165, 1.54) is 0 Å². The summed E-state index contributed by atoms with van der Waals surface area (Å²) in [6.45, 7) is 0.